The fourth-order valence-corrected chi connectivity index (χ4v) is 2.98. The number of carbonyl (C=O) groups excluding carboxylic acids is 1. The maximum Gasteiger partial charge on any atom is 0.251 e. The van der Waals surface area contributed by atoms with Crippen LogP contribution in [0, 0.1) is 0 Å². The van der Waals surface area contributed by atoms with Crippen molar-refractivity contribution < 1.29 is 14.3 Å². The average molecular weight is 336 g/mol. The van der Waals surface area contributed by atoms with Gasteiger partial charge >= 0.3 is 0 Å². The van der Waals surface area contributed by atoms with Crippen molar-refractivity contribution in [2.75, 3.05) is 6.61 Å². The van der Waals surface area contributed by atoms with Gasteiger partial charge in [0.1, 0.15) is 0 Å². The SMILES string of the molecule is CC(C)(C)[Si](C)(C)OCc1ccc(C(=O)NC2(CO)CC2)cc1. The molecule has 0 radical (unpaired) electrons. The normalized spacial score (nSPS) is 17.0. The Kier molecular flexibility index (Phi) is 5.04. The van der Waals surface area contributed by atoms with Gasteiger partial charge in [-0.1, -0.05) is 32.9 Å². The number of rotatable bonds is 6. The Bertz CT molecular complexity index is 557. The van der Waals surface area contributed by atoms with Crippen molar-refractivity contribution in [3.8, 4) is 0 Å². The average Bonchev–Trinajstić information content (AvgIpc) is 3.25. The van der Waals surface area contributed by atoms with Crippen molar-refractivity contribution in [2.45, 2.75) is 63.9 Å². The summed E-state index contributed by atoms with van der Waals surface area (Å²) in [6.07, 6.45) is 1.71. The lowest BCUT2D eigenvalue weighted by Crippen LogP contribution is -2.40. The molecule has 0 saturated heterocycles. The molecule has 1 aliphatic carbocycles. The molecule has 1 aromatic rings. The zero-order chi connectivity index (χ0) is 17.3. The molecule has 0 atom stereocenters. The minimum absolute atomic E-state index is 0.0111. The minimum atomic E-state index is -1.76. The third-order valence-corrected chi connectivity index (χ3v) is 9.64. The zero-order valence-corrected chi connectivity index (χ0v) is 15.9. The summed E-state index contributed by atoms with van der Waals surface area (Å²) < 4.78 is 6.19. The second-order valence-corrected chi connectivity index (χ2v) is 12.9. The Morgan fingerprint density at radius 3 is 2.26 bits per heavy atom. The molecule has 0 unspecified atom stereocenters. The van der Waals surface area contributed by atoms with Crippen LogP contribution in [0.3, 0.4) is 0 Å². The summed E-state index contributed by atoms with van der Waals surface area (Å²) in [6.45, 7) is 11.7. The van der Waals surface area contributed by atoms with Crippen molar-refractivity contribution in [1.82, 2.24) is 5.32 Å². The van der Waals surface area contributed by atoms with E-state index in [-0.39, 0.29) is 23.1 Å². The van der Waals surface area contributed by atoms with E-state index < -0.39 is 8.32 Å². The standard InChI is InChI=1S/C18H29NO3Si/c1-17(2,3)23(4,5)22-12-14-6-8-15(9-7-14)16(21)19-18(13-20)10-11-18/h6-9,20H,10-13H2,1-5H3,(H,19,21). The number of nitrogens with one attached hydrogen (secondary N) is 1. The van der Waals surface area contributed by atoms with E-state index in [9.17, 15) is 9.90 Å². The van der Waals surface area contributed by atoms with Gasteiger partial charge in [0.15, 0.2) is 8.32 Å². The maximum atomic E-state index is 12.2. The minimum Gasteiger partial charge on any atom is -0.413 e. The number of benzene rings is 1. The molecular weight excluding hydrogens is 306 g/mol. The summed E-state index contributed by atoms with van der Waals surface area (Å²) >= 11 is 0. The molecule has 0 spiro atoms. The van der Waals surface area contributed by atoms with Gasteiger partial charge in [-0.15, -0.1) is 0 Å². The highest BCUT2D eigenvalue weighted by Crippen LogP contribution is 2.37. The first-order valence-corrected chi connectivity index (χ1v) is 11.2. The first kappa shape index (κ1) is 18.2. The molecule has 23 heavy (non-hydrogen) atoms. The van der Waals surface area contributed by atoms with E-state index in [1.54, 1.807) is 0 Å². The summed E-state index contributed by atoms with van der Waals surface area (Å²) in [5.74, 6) is -0.117. The smallest absolute Gasteiger partial charge is 0.251 e. The molecule has 1 aromatic carbocycles. The highest BCUT2D eigenvalue weighted by atomic mass is 28.4. The third-order valence-electron chi connectivity index (χ3n) is 5.16. The Morgan fingerprint density at radius 2 is 1.83 bits per heavy atom. The molecule has 1 amide bonds. The number of aliphatic hydroxyl groups is 1. The molecule has 0 bridgehead atoms. The molecule has 4 nitrogen and oxygen atoms in total. The van der Waals surface area contributed by atoms with E-state index in [2.05, 4.69) is 39.2 Å². The van der Waals surface area contributed by atoms with Crippen molar-refractivity contribution in [2.24, 2.45) is 0 Å². The molecule has 5 heteroatoms. The van der Waals surface area contributed by atoms with Gasteiger partial charge in [0, 0.05) is 5.56 Å². The molecule has 2 N–H and O–H groups in total. The molecule has 1 fully saturated rings. The van der Waals surface area contributed by atoms with E-state index >= 15 is 0 Å². The van der Waals surface area contributed by atoms with Gasteiger partial charge in [0.2, 0.25) is 0 Å². The van der Waals surface area contributed by atoms with Crippen LogP contribution in [0.1, 0.15) is 49.5 Å². The summed E-state index contributed by atoms with van der Waals surface area (Å²) in [4.78, 5) is 12.2. The Morgan fingerprint density at radius 1 is 1.26 bits per heavy atom. The number of amides is 1. The van der Waals surface area contributed by atoms with Crippen LogP contribution in [-0.4, -0.2) is 31.5 Å². The Hall–Kier alpha value is -1.17. The van der Waals surface area contributed by atoms with Crippen LogP contribution in [0.2, 0.25) is 18.1 Å². The number of carbonyl (C=O) groups is 1. The Labute approximate surface area is 140 Å². The first-order chi connectivity index (χ1) is 10.6. The summed E-state index contributed by atoms with van der Waals surface area (Å²) in [6, 6.07) is 7.54. The summed E-state index contributed by atoms with van der Waals surface area (Å²) in [7, 11) is -1.76. The van der Waals surface area contributed by atoms with E-state index in [0.717, 1.165) is 18.4 Å². The van der Waals surface area contributed by atoms with Crippen LogP contribution in [0.25, 0.3) is 0 Å². The van der Waals surface area contributed by atoms with Crippen molar-refractivity contribution in [3.05, 3.63) is 35.4 Å². The predicted molar refractivity (Wildman–Crippen MR) is 94.9 cm³/mol. The predicted octanol–water partition coefficient (Wildman–Crippen LogP) is 3.46. The second kappa shape index (κ2) is 6.38. The Balaban J connectivity index is 1.93. The zero-order valence-electron chi connectivity index (χ0n) is 14.9. The molecule has 1 aliphatic rings. The number of hydrogen-bond donors (Lipinski definition) is 2. The molecule has 0 heterocycles. The van der Waals surface area contributed by atoms with Crippen LogP contribution in [0.15, 0.2) is 24.3 Å². The van der Waals surface area contributed by atoms with Crippen LogP contribution in [-0.2, 0) is 11.0 Å². The van der Waals surface area contributed by atoms with Crippen LogP contribution in [0.5, 0.6) is 0 Å². The number of hydrogen-bond acceptors (Lipinski definition) is 3. The fourth-order valence-electron chi connectivity index (χ4n) is 2.02. The molecule has 1 saturated carbocycles. The first-order valence-electron chi connectivity index (χ1n) is 8.25. The lowest BCUT2D eigenvalue weighted by Gasteiger charge is -2.36. The second-order valence-electron chi connectivity index (χ2n) is 8.14. The third kappa shape index (κ3) is 4.43. The van der Waals surface area contributed by atoms with Gasteiger partial charge in [-0.05, 0) is 48.7 Å². The largest absolute Gasteiger partial charge is 0.413 e. The number of aliphatic hydroxyl groups excluding tert-OH is 1. The highest BCUT2D eigenvalue weighted by Gasteiger charge is 2.43. The quantitative estimate of drug-likeness (QED) is 0.783. The van der Waals surface area contributed by atoms with E-state index in [4.69, 9.17) is 4.43 Å². The summed E-state index contributed by atoms with van der Waals surface area (Å²) in [5, 5.41) is 12.4. The maximum absolute atomic E-state index is 12.2. The van der Waals surface area contributed by atoms with Crippen molar-refractivity contribution >= 4 is 14.2 Å². The fraction of sp³-hybridized carbons (Fsp3) is 0.611. The van der Waals surface area contributed by atoms with E-state index in [0.29, 0.717) is 12.2 Å². The topological polar surface area (TPSA) is 58.6 Å². The highest BCUT2D eigenvalue weighted by molar-refractivity contribution is 6.74. The molecule has 0 aliphatic heterocycles. The van der Waals surface area contributed by atoms with Gasteiger partial charge in [-0.2, -0.15) is 0 Å². The van der Waals surface area contributed by atoms with Crippen LogP contribution >= 0.6 is 0 Å². The van der Waals surface area contributed by atoms with E-state index in [1.807, 2.05) is 24.3 Å². The molecule has 2 rings (SSSR count). The van der Waals surface area contributed by atoms with Crippen LogP contribution < -0.4 is 5.32 Å². The molecule has 128 valence electrons. The van der Waals surface area contributed by atoms with Crippen molar-refractivity contribution in [1.29, 1.82) is 0 Å². The van der Waals surface area contributed by atoms with Gasteiger partial charge in [-0.3, -0.25) is 4.79 Å². The van der Waals surface area contributed by atoms with Gasteiger partial charge in [-0.25, -0.2) is 0 Å². The lowest BCUT2D eigenvalue weighted by molar-refractivity contribution is 0.0906. The summed E-state index contributed by atoms with van der Waals surface area (Å²) in [5.41, 5.74) is 1.33. The van der Waals surface area contributed by atoms with Gasteiger partial charge in [0.25, 0.3) is 5.91 Å². The van der Waals surface area contributed by atoms with Gasteiger partial charge < -0.3 is 14.8 Å². The lowest BCUT2D eigenvalue weighted by atomic mass is 10.1. The van der Waals surface area contributed by atoms with Crippen LogP contribution in [0.4, 0.5) is 0 Å². The van der Waals surface area contributed by atoms with E-state index in [1.165, 1.54) is 0 Å². The monoisotopic (exact) mass is 335 g/mol. The molecular formula is C18H29NO3Si. The molecule has 0 aromatic heterocycles. The van der Waals surface area contributed by atoms with Gasteiger partial charge in [0.05, 0.1) is 18.8 Å². The van der Waals surface area contributed by atoms with Crippen molar-refractivity contribution in [3.63, 3.8) is 0 Å².